The number of nitrogens with zero attached hydrogens (tertiary/aromatic N) is 1. The van der Waals surface area contributed by atoms with Crippen LogP contribution in [0.3, 0.4) is 0 Å². The number of benzene rings is 2. The Hall–Kier alpha value is -3.32. The van der Waals surface area contributed by atoms with Crippen LogP contribution in [0.5, 0.6) is 0 Å². The largest absolute Gasteiger partial charge is 0.453 e. The van der Waals surface area contributed by atoms with Crippen molar-refractivity contribution in [3.8, 4) is 0 Å². The van der Waals surface area contributed by atoms with Gasteiger partial charge in [0.25, 0.3) is 0 Å². The van der Waals surface area contributed by atoms with Crippen LogP contribution in [0.2, 0.25) is 0 Å². The molecule has 12 heteroatoms. The number of aromatic nitrogens is 1. The van der Waals surface area contributed by atoms with E-state index < -0.39 is 29.5 Å². The molecule has 0 spiro atoms. The van der Waals surface area contributed by atoms with Crippen molar-refractivity contribution in [1.29, 1.82) is 0 Å². The molecule has 0 bridgehead atoms. The Bertz CT molecular complexity index is 1230. The highest BCUT2D eigenvalue weighted by Crippen LogP contribution is 2.31. The van der Waals surface area contributed by atoms with Crippen molar-refractivity contribution in [2.24, 2.45) is 0 Å². The number of rotatable bonds is 11. The Morgan fingerprint density at radius 3 is 2.42 bits per heavy atom. The number of amides is 2. The summed E-state index contributed by atoms with van der Waals surface area (Å²) in [6.07, 6.45) is 4.22. The molecule has 10 nitrogen and oxygen atoms in total. The van der Waals surface area contributed by atoms with E-state index >= 15 is 0 Å². The van der Waals surface area contributed by atoms with Crippen LogP contribution in [-0.4, -0.2) is 38.9 Å². The molecule has 0 saturated heterocycles. The predicted molar refractivity (Wildman–Crippen MR) is 145 cm³/mol. The van der Waals surface area contributed by atoms with E-state index in [0.717, 1.165) is 47.5 Å². The van der Waals surface area contributed by atoms with E-state index in [4.69, 9.17) is 14.3 Å². The van der Waals surface area contributed by atoms with E-state index in [-0.39, 0.29) is 5.91 Å². The maximum Gasteiger partial charge on any atom is 0.407 e. The Kier molecular flexibility index (Phi) is 9.82. The van der Waals surface area contributed by atoms with Crippen molar-refractivity contribution in [3.63, 3.8) is 0 Å². The molecular formula is C26H30N4O6S2. The molecule has 3 atom stereocenters. The van der Waals surface area contributed by atoms with E-state index in [1.54, 1.807) is 23.5 Å². The average molecular weight is 559 g/mol. The summed E-state index contributed by atoms with van der Waals surface area (Å²) < 4.78 is 28.8. The zero-order chi connectivity index (χ0) is 26.9. The predicted octanol–water partition coefficient (Wildman–Crippen LogP) is 3.87. The normalized spacial score (nSPS) is 15.0. The van der Waals surface area contributed by atoms with E-state index in [0.29, 0.717) is 18.5 Å². The first-order chi connectivity index (χ1) is 18.4. The number of hydrogen-bond donors (Lipinski definition) is 4. The molecule has 0 aliphatic heterocycles. The first kappa shape index (κ1) is 27.7. The highest BCUT2D eigenvalue weighted by Gasteiger charge is 2.28. The second-order valence-electron chi connectivity index (χ2n) is 8.87. The van der Waals surface area contributed by atoms with Crippen molar-refractivity contribution in [2.75, 3.05) is 12.6 Å². The number of thiazole rings is 1. The smallest absolute Gasteiger partial charge is 0.407 e. The van der Waals surface area contributed by atoms with Crippen LogP contribution in [0.15, 0.2) is 54.6 Å². The van der Waals surface area contributed by atoms with Gasteiger partial charge in [-0.2, -0.15) is 4.21 Å². The van der Waals surface area contributed by atoms with Crippen LogP contribution in [0.25, 0.3) is 0 Å². The number of anilines is 1. The van der Waals surface area contributed by atoms with Crippen LogP contribution in [0, 0.1) is 0 Å². The molecule has 0 saturated carbocycles. The van der Waals surface area contributed by atoms with Gasteiger partial charge in [0.1, 0.15) is 11.0 Å². The minimum Gasteiger partial charge on any atom is -0.453 e. The maximum atomic E-state index is 13.5. The number of methoxy groups -OCH3 is 1. The van der Waals surface area contributed by atoms with Crippen molar-refractivity contribution < 1.29 is 27.4 Å². The monoisotopic (exact) mass is 558 g/mol. The minimum atomic E-state index is -2.44. The Morgan fingerprint density at radius 2 is 1.74 bits per heavy atom. The molecule has 2 aromatic carbocycles. The van der Waals surface area contributed by atoms with Gasteiger partial charge in [-0.05, 0) is 55.4 Å². The highest BCUT2D eigenvalue weighted by atomic mass is 32.2. The summed E-state index contributed by atoms with van der Waals surface area (Å²) >= 11 is -0.817. The van der Waals surface area contributed by atoms with Crippen molar-refractivity contribution in [1.82, 2.24) is 15.6 Å². The molecule has 38 heavy (non-hydrogen) atoms. The molecule has 0 fully saturated rings. The summed E-state index contributed by atoms with van der Waals surface area (Å²) in [5.74, 6) is -0.338. The molecular weight excluding hydrogens is 528 g/mol. The minimum absolute atomic E-state index is 0.301. The standard InChI is InChI=1S/C26H30N4O6S2/c1-35-26(32)29-21(15-17-7-3-2-4-8-17)24(31)27-22(25-28-20-9-5-6-10-23(20)37-25)16-18-11-13-19(14-12-18)30-36-38(33)34/h2-4,7-8,11-14,21-22,30H,5-6,9-10,15-16H2,1H3,(H,27,31)(H,29,32)(H,33,34)/t21-,22-/m0/s1. The second kappa shape index (κ2) is 13.5. The number of aryl methyl sites for hydroxylation is 2. The number of alkyl carbamates (subject to hydrolysis) is 1. The number of hydrogen-bond acceptors (Lipinski definition) is 8. The summed E-state index contributed by atoms with van der Waals surface area (Å²) in [5.41, 5.74) is 5.82. The van der Waals surface area contributed by atoms with E-state index in [1.165, 1.54) is 12.0 Å². The van der Waals surface area contributed by atoms with Crippen LogP contribution in [-0.2, 0) is 50.9 Å². The molecule has 1 aliphatic rings. The molecule has 202 valence electrons. The summed E-state index contributed by atoms with van der Waals surface area (Å²) in [4.78, 5) is 31.7. The average Bonchev–Trinajstić information content (AvgIpc) is 3.37. The molecule has 4 N–H and O–H groups in total. The highest BCUT2D eigenvalue weighted by molar-refractivity contribution is 7.74. The van der Waals surface area contributed by atoms with Crippen molar-refractivity contribution >= 4 is 40.4 Å². The topological polar surface area (TPSA) is 139 Å². The summed E-state index contributed by atoms with van der Waals surface area (Å²) in [6.45, 7) is 0. The van der Waals surface area contributed by atoms with Gasteiger partial charge in [-0.3, -0.25) is 9.35 Å². The van der Waals surface area contributed by atoms with E-state index in [9.17, 15) is 13.8 Å². The third-order valence-electron chi connectivity index (χ3n) is 6.18. The Morgan fingerprint density at radius 1 is 1.03 bits per heavy atom. The van der Waals surface area contributed by atoms with Gasteiger partial charge in [-0.25, -0.2) is 15.3 Å². The van der Waals surface area contributed by atoms with Gasteiger partial charge in [-0.15, -0.1) is 15.6 Å². The number of nitrogens with one attached hydrogen (secondary N) is 3. The maximum absolute atomic E-state index is 13.5. The van der Waals surface area contributed by atoms with Crippen LogP contribution in [0.1, 0.15) is 45.6 Å². The molecule has 4 rings (SSSR count). The molecule has 0 radical (unpaired) electrons. The summed E-state index contributed by atoms with van der Waals surface area (Å²) in [6, 6.07) is 15.3. The molecule has 3 aromatic rings. The van der Waals surface area contributed by atoms with Gasteiger partial charge in [-0.1, -0.05) is 42.5 Å². The molecule has 1 heterocycles. The van der Waals surface area contributed by atoms with Crippen LogP contribution >= 0.6 is 11.3 Å². The zero-order valence-corrected chi connectivity index (χ0v) is 22.5. The van der Waals surface area contributed by atoms with Gasteiger partial charge in [0.05, 0.1) is 24.5 Å². The fraction of sp³-hybridized carbons (Fsp3) is 0.346. The first-order valence-electron chi connectivity index (χ1n) is 12.2. The summed E-state index contributed by atoms with van der Waals surface area (Å²) in [5, 5.41) is 6.60. The number of fused-ring (bicyclic) bond motifs is 1. The van der Waals surface area contributed by atoms with Crippen molar-refractivity contribution in [2.45, 2.75) is 50.6 Å². The van der Waals surface area contributed by atoms with Gasteiger partial charge in [0, 0.05) is 11.3 Å². The molecule has 1 aliphatic carbocycles. The van der Waals surface area contributed by atoms with Crippen LogP contribution < -0.4 is 16.1 Å². The van der Waals surface area contributed by atoms with Gasteiger partial charge in [0.2, 0.25) is 5.91 Å². The van der Waals surface area contributed by atoms with Crippen LogP contribution in [0.4, 0.5) is 10.5 Å². The Labute approximate surface area is 227 Å². The summed E-state index contributed by atoms with van der Waals surface area (Å²) in [7, 11) is 1.26. The molecule has 2 amide bonds. The van der Waals surface area contributed by atoms with Gasteiger partial charge < -0.3 is 15.4 Å². The number of ether oxygens (including phenoxy) is 1. The lowest BCUT2D eigenvalue weighted by molar-refractivity contribution is -0.123. The molecule has 1 unspecified atom stereocenters. The lowest BCUT2D eigenvalue weighted by Crippen LogP contribution is -2.49. The lowest BCUT2D eigenvalue weighted by atomic mass is 10.0. The lowest BCUT2D eigenvalue weighted by Gasteiger charge is -2.22. The first-order valence-corrected chi connectivity index (χ1v) is 14.1. The fourth-order valence-corrected chi connectivity index (χ4v) is 5.65. The van der Waals surface area contributed by atoms with E-state index in [1.807, 2.05) is 42.5 Å². The third kappa shape index (κ3) is 7.84. The van der Waals surface area contributed by atoms with Crippen molar-refractivity contribution in [3.05, 3.63) is 81.3 Å². The fourth-order valence-electron chi connectivity index (χ4n) is 4.28. The second-order valence-corrected chi connectivity index (χ2v) is 10.6. The SMILES string of the molecule is COC(=O)N[C@@H](Cc1ccccc1)C(=O)N[C@@H](Cc1ccc(NOS(=O)O)cc1)c1nc2c(s1)CCCC2. The zero-order valence-electron chi connectivity index (χ0n) is 20.8. The van der Waals surface area contributed by atoms with Gasteiger partial charge >= 0.3 is 17.5 Å². The third-order valence-corrected chi connectivity index (χ3v) is 7.67. The number of carbonyl (C=O) groups excluding carboxylic acids is 2. The quantitative estimate of drug-likeness (QED) is 0.206. The Balaban J connectivity index is 1.55. The molecule has 1 aromatic heterocycles. The van der Waals surface area contributed by atoms with Gasteiger partial charge in [0.15, 0.2) is 0 Å². The number of carbonyl (C=O) groups is 2. The van der Waals surface area contributed by atoms with E-state index in [2.05, 4.69) is 20.4 Å².